The second kappa shape index (κ2) is 4.58. The highest BCUT2D eigenvalue weighted by molar-refractivity contribution is 5.40. The lowest BCUT2D eigenvalue weighted by molar-refractivity contribution is 0.0982. The van der Waals surface area contributed by atoms with Gasteiger partial charge in [0.1, 0.15) is 5.75 Å². The van der Waals surface area contributed by atoms with Gasteiger partial charge in [0.25, 0.3) is 0 Å². The van der Waals surface area contributed by atoms with Crippen LogP contribution >= 0.6 is 0 Å². The van der Waals surface area contributed by atoms with Crippen LogP contribution in [0.2, 0.25) is 0 Å². The van der Waals surface area contributed by atoms with Gasteiger partial charge >= 0.3 is 0 Å². The SMILES string of the molecule is C[C@H]1NCC[C@]2(c3ccccc3O)CCCCC12. The Morgan fingerprint density at radius 2 is 2.06 bits per heavy atom. The monoisotopic (exact) mass is 245 g/mol. The number of para-hydroxylation sites is 1. The zero-order valence-electron chi connectivity index (χ0n) is 11.2. The van der Waals surface area contributed by atoms with Crippen molar-refractivity contribution in [3.8, 4) is 5.75 Å². The van der Waals surface area contributed by atoms with Crippen LogP contribution in [-0.2, 0) is 5.41 Å². The predicted molar refractivity (Wildman–Crippen MR) is 73.8 cm³/mol. The Morgan fingerprint density at radius 3 is 2.89 bits per heavy atom. The van der Waals surface area contributed by atoms with Crippen LogP contribution in [0.4, 0.5) is 0 Å². The van der Waals surface area contributed by atoms with Crippen LogP contribution < -0.4 is 5.32 Å². The number of nitrogens with one attached hydrogen (secondary N) is 1. The molecule has 98 valence electrons. The molecule has 2 N–H and O–H groups in total. The second-order valence-corrected chi connectivity index (χ2v) is 6.02. The van der Waals surface area contributed by atoms with E-state index in [0.29, 0.717) is 17.7 Å². The molecule has 0 aromatic heterocycles. The van der Waals surface area contributed by atoms with Crippen LogP contribution in [0.15, 0.2) is 24.3 Å². The molecule has 1 saturated heterocycles. The first kappa shape index (κ1) is 12.0. The third-order valence-corrected chi connectivity index (χ3v) is 5.18. The summed E-state index contributed by atoms with van der Waals surface area (Å²) in [7, 11) is 0. The Bertz CT molecular complexity index is 427. The van der Waals surface area contributed by atoms with Gasteiger partial charge < -0.3 is 10.4 Å². The number of rotatable bonds is 1. The minimum atomic E-state index is 0.217. The lowest BCUT2D eigenvalue weighted by Crippen LogP contribution is -2.54. The average Bonchev–Trinajstić information content (AvgIpc) is 2.39. The molecule has 0 spiro atoms. The number of aromatic hydroxyl groups is 1. The maximum absolute atomic E-state index is 10.3. The van der Waals surface area contributed by atoms with Gasteiger partial charge in [-0.15, -0.1) is 0 Å². The predicted octanol–water partition coefficient (Wildman–Crippen LogP) is 3.20. The van der Waals surface area contributed by atoms with E-state index in [1.54, 1.807) is 0 Å². The maximum Gasteiger partial charge on any atom is 0.119 e. The number of phenolic OH excluding ortho intramolecular Hbond substituents is 1. The highest BCUT2D eigenvalue weighted by atomic mass is 16.3. The Labute approximate surface area is 109 Å². The van der Waals surface area contributed by atoms with Crippen molar-refractivity contribution in [2.75, 3.05) is 6.54 Å². The van der Waals surface area contributed by atoms with Crippen LogP contribution in [0, 0.1) is 5.92 Å². The van der Waals surface area contributed by atoms with Crippen molar-refractivity contribution in [3.63, 3.8) is 0 Å². The quantitative estimate of drug-likeness (QED) is 0.796. The summed E-state index contributed by atoms with van der Waals surface area (Å²) < 4.78 is 0. The number of phenols is 1. The third-order valence-electron chi connectivity index (χ3n) is 5.18. The van der Waals surface area contributed by atoms with Gasteiger partial charge in [0, 0.05) is 17.0 Å². The molecule has 3 atom stereocenters. The minimum Gasteiger partial charge on any atom is -0.508 e. The molecule has 1 aliphatic carbocycles. The standard InChI is InChI=1S/C16H23NO/c1-12-13-6-4-5-9-16(13,10-11-17-12)14-7-2-3-8-15(14)18/h2-3,7-8,12-13,17-18H,4-6,9-11H2,1H3/t12-,13?,16-/m1/s1. The molecule has 0 amide bonds. The van der Waals surface area contributed by atoms with Gasteiger partial charge in [-0.2, -0.15) is 0 Å². The molecule has 1 heterocycles. The summed E-state index contributed by atoms with van der Waals surface area (Å²) in [5.74, 6) is 1.17. The summed E-state index contributed by atoms with van der Waals surface area (Å²) in [6.45, 7) is 3.38. The molecule has 0 bridgehead atoms. The van der Waals surface area contributed by atoms with Gasteiger partial charge in [-0.25, -0.2) is 0 Å². The maximum atomic E-state index is 10.3. The molecule has 2 aliphatic rings. The topological polar surface area (TPSA) is 32.3 Å². The molecule has 1 aliphatic heterocycles. The van der Waals surface area contributed by atoms with Gasteiger partial charge in [-0.3, -0.25) is 0 Å². The Balaban J connectivity index is 2.06. The summed E-state index contributed by atoms with van der Waals surface area (Å²) >= 11 is 0. The van der Waals surface area contributed by atoms with Crippen LogP contribution in [-0.4, -0.2) is 17.7 Å². The summed E-state index contributed by atoms with van der Waals surface area (Å²) in [5, 5.41) is 13.9. The Kier molecular flexibility index (Phi) is 3.06. The third kappa shape index (κ3) is 1.74. The molecule has 2 fully saturated rings. The molecule has 1 unspecified atom stereocenters. The first-order valence-electron chi connectivity index (χ1n) is 7.26. The molecular formula is C16H23NO. The highest BCUT2D eigenvalue weighted by Crippen LogP contribution is 2.51. The van der Waals surface area contributed by atoms with Crippen LogP contribution in [0.3, 0.4) is 0 Å². The van der Waals surface area contributed by atoms with E-state index in [0.717, 1.165) is 6.54 Å². The zero-order valence-corrected chi connectivity index (χ0v) is 11.2. The molecule has 18 heavy (non-hydrogen) atoms. The number of hydrogen-bond acceptors (Lipinski definition) is 2. The molecule has 1 aromatic rings. The van der Waals surface area contributed by atoms with Crippen molar-refractivity contribution in [1.82, 2.24) is 5.32 Å². The Morgan fingerprint density at radius 1 is 1.22 bits per heavy atom. The fourth-order valence-electron chi connectivity index (χ4n) is 4.33. The van der Waals surface area contributed by atoms with Crippen LogP contribution in [0.1, 0.15) is 44.6 Å². The molecule has 0 radical (unpaired) electrons. The largest absolute Gasteiger partial charge is 0.508 e. The summed E-state index contributed by atoms with van der Waals surface area (Å²) in [5.41, 5.74) is 1.41. The number of hydrogen-bond donors (Lipinski definition) is 2. The highest BCUT2D eigenvalue weighted by Gasteiger charge is 2.47. The number of piperidine rings is 1. The zero-order chi connectivity index (χ0) is 12.6. The van der Waals surface area contributed by atoms with Crippen LogP contribution in [0.5, 0.6) is 5.75 Å². The molecular weight excluding hydrogens is 222 g/mol. The lowest BCUT2D eigenvalue weighted by Gasteiger charge is -2.51. The normalized spacial score (nSPS) is 36.1. The van der Waals surface area contributed by atoms with Crippen molar-refractivity contribution in [1.29, 1.82) is 0 Å². The van der Waals surface area contributed by atoms with E-state index in [1.165, 1.54) is 37.7 Å². The van der Waals surface area contributed by atoms with Crippen molar-refractivity contribution >= 4 is 0 Å². The first-order valence-corrected chi connectivity index (χ1v) is 7.26. The lowest BCUT2D eigenvalue weighted by atomic mass is 9.57. The summed E-state index contributed by atoms with van der Waals surface area (Å²) in [6, 6.07) is 8.56. The summed E-state index contributed by atoms with van der Waals surface area (Å²) in [6.07, 6.45) is 6.34. The van der Waals surface area contributed by atoms with Crippen molar-refractivity contribution < 1.29 is 5.11 Å². The van der Waals surface area contributed by atoms with Gasteiger partial charge in [0.15, 0.2) is 0 Å². The van der Waals surface area contributed by atoms with Gasteiger partial charge in [-0.1, -0.05) is 31.0 Å². The molecule has 3 rings (SSSR count). The average molecular weight is 245 g/mol. The molecule has 2 heteroatoms. The Hall–Kier alpha value is -1.02. The van der Waals surface area contributed by atoms with E-state index >= 15 is 0 Å². The minimum absolute atomic E-state index is 0.217. The molecule has 1 aromatic carbocycles. The van der Waals surface area contributed by atoms with E-state index in [2.05, 4.69) is 24.4 Å². The van der Waals surface area contributed by atoms with Crippen molar-refractivity contribution in [2.24, 2.45) is 5.92 Å². The smallest absolute Gasteiger partial charge is 0.119 e. The molecule has 2 nitrogen and oxygen atoms in total. The number of benzene rings is 1. The number of fused-ring (bicyclic) bond motifs is 1. The van der Waals surface area contributed by atoms with E-state index in [1.807, 2.05) is 12.1 Å². The van der Waals surface area contributed by atoms with Gasteiger partial charge in [0.05, 0.1) is 0 Å². The van der Waals surface area contributed by atoms with Gasteiger partial charge in [0.2, 0.25) is 0 Å². The van der Waals surface area contributed by atoms with Crippen LogP contribution in [0.25, 0.3) is 0 Å². The van der Waals surface area contributed by atoms with E-state index in [4.69, 9.17) is 0 Å². The van der Waals surface area contributed by atoms with E-state index in [9.17, 15) is 5.11 Å². The first-order chi connectivity index (χ1) is 8.74. The van der Waals surface area contributed by atoms with Crippen molar-refractivity contribution in [3.05, 3.63) is 29.8 Å². The summed E-state index contributed by atoms with van der Waals surface area (Å²) in [4.78, 5) is 0. The molecule has 1 saturated carbocycles. The van der Waals surface area contributed by atoms with E-state index in [-0.39, 0.29) is 5.41 Å². The fourth-order valence-corrected chi connectivity index (χ4v) is 4.33. The van der Waals surface area contributed by atoms with Gasteiger partial charge in [-0.05, 0) is 44.7 Å². The van der Waals surface area contributed by atoms with E-state index < -0.39 is 0 Å². The van der Waals surface area contributed by atoms with Crippen molar-refractivity contribution in [2.45, 2.75) is 50.5 Å². The second-order valence-electron chi connectivity index (χ2n) is 6.02. The fraction of sp³-hybridized carbons (Fsp3) is 0.625.